The number of carbonyl (C=O) groups excluding carboxylic acids is 1. The first-order valence-corrected chi connectivity index (χ1v) is 7.50. The number of amides is 1. The van der Waals surface area contributed by atoms with Crippen LogP contribution in [0.25, 0.3) is 10.9 Å². The van der Waals surface area contributed by atoms with Gasteiger partial charge in [-0.05, 0) is 30.5 Å². The van der Waals surface area contributed by atoms with Gasteiger partial charge in [0.05, 0.1) is 0 Å². The molecule has 0 aliphatic heterocycles. The van der Waals surface area contributed by atoms with Gasteiger partial charge in [0, 0.05) is 24.3 Å². The fourth-order valence-corrected chi connectivity index (χ4v) is 2.42. The minimum atomic E-state index is -0.386. The Morgan fingerprint density at radius 2 is 1.91 bits per heavy atom. The lowest BCUT2D eigenvalue weighted by molar-refractivity contribution is 0.0945. The van der Waals surface area contributed by atoms with Crippen molar-refractivity contribution < 1.29 is 9.90 Å². The standard InChI is InChI=1S/C18H17N3O2/c22-17-15-14(9-5-10-19-15)12-21-16(17)18(23)20-11-4-8-13-6-2-1-3-7-13/h1-3,5-7,9-10,12,22H,4,8,11H2,(H,20,23). The second-order valence-electron chi connectivity index (χ2n) is 5.24. The summed E-state index contributed by atoms with van der Waals surface area (Å²) in [7, 11) is 0. The molecule has 0 atom stereocenters. The highest BCUT2D eigenvalue weighted by Crippen LogP contribution is 2.24. The van der Waals surface area contributed by atoms with E-state index in [0.29, 0.717) is 17.4 Å². The van der Waals surface area contributed by atoms with E-state index in [1.54, 1.807) is 24.5 Å². The van der Waals surface area contributed by atoms with Gasteiger partial charge in [-0.15, -0.1) is 0 Å². The molecule has 0 radical (unpaired) electrons. The number of nitrogens with zero attached hydrogens (tertiary/aromatic N) is 2. The Morgan fingerprint density at radius 3 is 2.74 bits per heavy atom. The highest BCUT2D eigenvalue weighted by molar-refractivity contribution is 6.00. The summed E-state index contributed by atoms with van der Waals surface area (Å²) in [6.07, 6.45) is 4.83. The maximum Gasteiger partial charge on any atom is 0.273 e. The Hall–Kier alpha value is -2.95. The molecule has 0 spiro atoms. The summed E-state index contributed by atoms with van der Waals surface area (Å²) in [5, 5.41) is 13.7. The van der Waals surface area contributed by atoms with Gasteiger partial charge in [0.25, 0.3) is 5.91 Å². The van der Waals surface area contributed by atoms with Crippen molar-refractivity contribution in [1.29, 1.82) is 0 Å². The average molecular weight is 307 g/mol. The van der Waals surface area contributed by atoms with Gasteiger partial charge < -0.3 is 10.4 Å². The largest absolute Gasteiger partial charge is 0.504 e. The van der Waals surface area contributed by atoms with Crippen molar-refractivity contribution in [2.45, 2.75) is 12.8 Å². The molecule has 0 unspecified atom stereocenters. The molecule has 0 fully saturated rings. The number of aryl methyl sites for hydroxylation is 1. The van der Waals surface area contributed by atoms with Crippen molar-refractivity contribution in [3.05, 3.63) is 66.1 Å². The summed E-state index contributed by atoms with van der Waals surface area (Å²) in [6.45, 7) is 0.523. The van der Waals surface area contributed by atoms with E-state index in [1.807, 2.05) is 18.2 Å². The minimum Gasteiger partial charge on any atom is -0.504 e. The summed E-state index contributed by atoms with van der Waals surface area (Å²) in [5.74, 6) is -0.563. The van der Waals surface area contributed by atoms with Crippen LogP contribution in [0, 0.1) is 0 Å². The zero-order valence-corrected chi connectivity index (χ0v) is 12.6. The van der Waals surface area contributed by atoms with Crippen molar-refractivity contribution in [3.63, 3.8) is 0 Å². The number of benzene rings is 1. The normalized spacial score (nSPS) is 10.6. The third kappa shape index (κ3) is 3.45. The molecule has 2 aromatic heterocycles. The van der Waals surface area contributed by atoms with Gasteiger partial charge in [0.2, 0.25) is 0 Å². The molecule has 2 N–H and O–H groups in total. The molecule has 3 rings (SSSR count). The van der Waals surface area contributed by atoms with Crippen LogP contribution in [0.2, 0.25) is 0 Å². The van der Waals surface area contributed by atoms with E-state index in [-0.39, 0.29) is 17.4 Å². The SMILES string of the molecule is O=C(NCCCc1ccccc1)c1ncc2cccnc2c1O. The van der Waals surface area contributed by atoms with Crippen molar-refractivity contribution >= 4 is 16.8 Å². The first-order valence-electron chi connectivity index (χ1n) is 7.50. The molecule has 116 valence electrons. The van der Waals surface area contributed by atoms with E-state index >= 15 is 0 Å². The molecular weight excluding hydrogens is 290 g/mol. The average Bonchev–Trinajstić information content (AvgIpc) is 2.60. The fraction of sp³-hybridized carbons (Fsp3) is 0.167. The highest BCUT2D eigenvalue weighted by atomic mass is 16.3. The van der Waals surface area contributed by atoms with E-state index in [0.717, 1.165) is 12.8 Å². The lowest BCUT2D eigenvalue weighted by Gasteiger charge is -2.07. The number of rotatable bonds is 5. The molecule has 0 bridgehead atoms. The lowest BCUT2D eigenvalue weighted by atomic mass is 10.1. The first kappa shape index (κ1) is 15.0. The van der Waals surface area contributed by atoms with Crippen LogP contribution in [0.5, 0.6) is 5.75 Å². The van der Waals surface area contributed by atoms with Crippen LogP contribution >= 0.6 is 0 Å². The summed E-state index contributed by atoms with van der Waals surface area (Å²) in [6, 6.07) is 13.6. The lowest BCUT2D eigenvalue weighted by Crippen LogP contribution is -2.25. The number of pyridine rings is 2. The Kier molecular flexibility index (Phi) is 4.47. The first-order chi connectivity index (χ1) is 11.3. The van der Waals surface area contributed by atoms with Crippen LogP contribution in [0.15, 0.2) is 54.9 Å². The molecular formula is C18H17N3O2. The van der Waals surface area contributed by atoms with Crippen LogP contribution in [-0.4, -0.2) is 27.5 Å². The third-order valence-electron chi connectivity index (χ3n) is 3.61. The summed E-state index contributed by atoms with van der Waals surface area (Å²) >= 11 is 0. The summed E-state index contributed by atoms with van der Waals surface area (Å²) < 4.78 is 0. The Labute approximate surface area is 134 Å². The predicted octanol–water partition coefficient (Wildman–Crippen LogP) is 2.70. The summed E-state index contributed by atoms with van der Waals surface area (Å²) in [4.78, 5) is 20.3. The topological polar surface area (TPSA) is 75.1 Å². The van der Waals surface area contributed by atoms with Crippen LogP contribution in [0.1, 0.15) is 22.5 Å². The molecule has 0 saturated carbocycles. The van der Waals surface area contributed by atoms with E-state index < -0.39 is 0 Å². The molecule has 0 aliphatic carbocycles. The van der Waals surface area contributed by atoms with Gasteiger partial charge in [-0.25, -0.2) is 4.98 Å². The van der Waals surface area contributed by atoms with Crippen LogP contribution in [0.3, 0.4) is 0 Å². The predicted molar refractivity (Wildman–Crippen MR) is 88.3 cm³/mol. The third-order valence-corrected chi connectivity index (χ3v) is 3.61. The monoisotopic (exact) mass is 307 g/mol. The zero-order valence-electron chi connectivity index (χ0n) is 12.6. The minimum absolute atomic E-state index is 0.0101. The highest BCUT2D eigenvalue weighted by Gasteiger charge is 2.15. The molecule has 23 heavy (non-hydrogen) atoms. The zero-order chi connectivity index (χ0) is 16.1. The fourth-order valence-electron chi connectivity index (χ4n) is 2.42. The molecule has 1 amide bonds. The number of carbonyl (C=O) groups is 1. The van der Waals surface area contributed by atoms with Gasteiger partial charge in [0.15, 0.2) is 11.4 Å². The van der Waals surface area contributed by atoms with Crippen LogP contribution in [-0.2, 0) is 6.42 Å². The summed E-state index contributed by atoms with van der Waals surface area (Å²) in [5.41, 5.74) is 1.63. The maximum atomic E-state index is 12.2. The molecule has 5 heteroatoms. The number of hydrogen-bond donors (Lipinski definition) is 2. The molecule has 5 nitrogen and oxygen atoms in total. The van der Waals surface area contributed by atoms with Crippen LogP contribution < -0.4 is 5.32 Å². The molecule has 1 aromatic carbocycles. The molecule has 3 aromatic rings. The Balaban J connectivity index is 1.61. The Bertz CT molecular complexity index is 819. The Morgan fingerprint density at radius 1 is 1.09 bits per heavy atom. The van der Waals surface area contributed by atoms with Crippen LogP contribution in [0.4, 0.5) is 0 Å². The van der Waals surface area contributed by atoms with E-state index in [2.05, 4.69) is 27.4 Å². The van der Waals surface area contributed by atoms with E-state index in [9.17, 15) is 9.90 Å². The molecule has 2 heterocycles. The second kappa shape index (κ2) is 6.87. The van der Waals surface area contributed by atoms with Gasteiger partial charge in [-0.3, -0.25) is 9.78 Å². The van der Waals surface area contributed by atoms with Crippen molar-refractivity contribution in [1.82, 2.24) is 15.3 Å². The van der Waals surface area contributed by atoms with Gasteiger partial charge in [-0.2, -0.15) is 0 Å². The molecule has 0 aliphatic rings. The second-order valence-corrected chi connectivity index (χ2v) is 5.24. The van der Waals surface area contributed by atoms with Gasteiger partial charge in [-0.1, -0.05) is 30.3 Å². The van der Waals surface area contributed by atoms with Gasteiger partial charge >= 0.3 is 0 Å². The van der Waals surface area contributed by atoms with E-state index in [4.69, 9.17) is 0 Å². The number of aromatic nitrogens is 2. The van der Waals surface area contributed by atoms with Crippen molar-refractivity contribution in [3.8, 4) is 5.75 Å². The van der Waals surface area contributed by atoms with Gasteiger partial charge in [0.1, 0.15) is 5.52 Å². The number of hydrogen-bond acceptors (Lipinski definition) is 4. The maximum absolute atomic E-state index is 12.2. The number of aromatic hydroxyl groups is 1. The van der Waals surface area contributed by atoms with Crippen molar-refractivity contribution in [2.24, 2.45) is 0 Å². The number of fused-ring (bicyclic) bond motifs is 1. The molecule has 0 saturated heterocycles. The van der Waals surface area contributed by atoms with Crippen molar-refractivity contribution in [2.75, 3.05) is 6.54 Å². The smallest absolute Gasteiger partial charge is 0.273 e. The quantitative estimate of drug-likeness (QED) is 0.711. The number of nitrogens with one attached hydrogen (secondary N) is 1. The van der Waals surface area contributed by atoms with E-state index in [1.165, 1.54) is 5.56 Å².